The lowest BCUT2D eigenvalue weighted by Gasteiger charge is -2.18. The van der Waals surface area contributed by atoms with Gasteiger partial charge in [-0.05, 0) is 37.6 Å². The van der Waals surface area contributed by atoms with Crippen molar-refractivity contribution in [1.29, 1.82) is 0 Å². The Morgan fingerprint density at radius 2 is 1.74 bits per heavy atom. The van der Waals surface area contributed by atoms with E-state index in [0.717, 1.165) is 0 Å². The monoisotopic (exact) mass is 453 g/mol. The molecule has 0 radical (unpaired) electrons. The molecule has 31 heavy (non-hydrogen) atoms. The molecule has 1 amide bonds. The molecule has 0 aliphatic heterocycles. The second-order valence-corrected chi connectivity index (χ2v) is 9.03. The van der Waals surface area contributed by atoms with Gasteiger partial charge < -0.3 is 14.6 Å². The molecule has 0 bridgehead atoms. The molecule has 0 spiro atoms. The molecule has 2 rings (SSSR count). The van der Waals surface area contributed by atoms with E-state index < -0.39 is 34.0 Å². The summed E-state index contributed by atoms with van der Waals surface area (Å²) in [7, 11) is -2.21. The number of carbonyl (C=O) groups is 2. The van der Waals surface area contributed by atoms with Gasteiger partial charge in [0.1, 0.15) is 16.4 Å². The van der Waals surface area contributed by atoms with Crippen LogP contribution in [0, 0.1) is 5.82 Å². The van der Waals surface area contributed by atoms with Gasteiger partial charge in [0.2, 0.25) is 10.0 Å². The molecule has 0 aliphatic rings. The molecule has 1 aromatic carbocycles. The number of sulfonamides is 1. The Bertz CT molecular complexity index is 1030. The van der Waals surface area contributed by atoms with Gasteiger partial charge in [0, 0.05) is 26.3 Å². The minimum Gasteiger partial charge on any atom is -0.448 e. The van der Waals surface area contributed by atoms with Crippen LogP contribution in [0.3, 0.4) is 0 Å². The van der Waals surface area contributed by atoms with E-state index in [1.54, 1.807) is 32.9 Å². The standard InChI is InChI=1S/C21H28FN3O5S/c1-6-25(7-2)31(28,29)18-12-19(24(5)13-18)21(27)30-15(4)20(26)23-14(3)16-8-10-17(22)11-9-16/h8-15H,6-7H2,1-5H3,(H,23,26). The van der Waals surface area contributed by atoms with Crippen LogP contribution in [-0.2, 0) is 26.6 Å². The molecule has 2 atom stereocenters. The number of aryl methyl sites for hydroxylation is 1. The zero-order valence-electron chi connectivity index (χ0n) is 18.3. The van der Waals surface area contributed by atoms with Crippen molar-refractivity contribution in [2.24, 2.45) is 7.05 Å². The maximum Gasteiger partial charge on any atom is 0.355 e. The van der Waals surface area contributed by atoms with Crippen LogP contribution in [0.1, 0.15) is 49.8 Å². The van der Waals surface area contributed by atoms with Crippen LogP contribution in [0.4, 0.5) is 4.39 Å². The lowest BCUT2D eigenvalue weighted by molar-refractivity contribution is -0.129. The van der Waals surface area contributed by atoms with Gasteiger partial charge in [-0.1, -0.05) is 26.0 Å². The quantitative estimate of drug-likeness (QED) is 0.589. The van der Waals surface area contributed by atoms with Gasteiger partial charge in [-0.2, -0.15) is 4.31 Å². The summed E-state index contributed by atoms with van der Waals surface area (Å²) in [6, 6.07) is 6.51. The Morgan fingerprint density at radius 1 is 1.16 bits per heavy atom. The Kier molecular flexibility index (Phi) is 7.96. The van der Waals surface area contributed by atoms with E-state index in [4.69, 9.17) is 4.74 Å². The van der Waals surface area contributed by atoms with E-state index >= 15 is 0 Å². The molecule has 2 unspecified atom stereocenters. The van der Waals surface area contributed by atoms with Crippen molar-refractivity contribution in [3.63, 3.8) is 0 Å². The average Bonchev–Trinajstić information content (AvgIpc) is 3.11. The maximum atomic E-state index is 13.1. The first-order valence-electron chi connectivity index (χ1n) is 9.94. The second-order valence-electron chi connectivity index (χ2n) is 7.09. The third kappa shape index (κ3) is 5.71. The zero-order chi connectivity index (χ0) is 23.3. The molecule has 2 aromatic rings. The predicted molar refractivity (Wildman–Crippen MR) is 113 cm³/mol. The molecule has 0 saturated heterocycles. The van der Waals surface area contributed by atoms with Gasteiger partial charge in [0.15, 0.2) is 6.10 Å². The van der Waals surface area contributed by atoms with E-state index in [1.807, 2.05) is 0 Å². The number of hydrogen-bond donors (Lipinski definition) is 1. The van der Waals surface area contributed by atoms with Crippen LogP contribution in [0.25, 0.3) is 0 Å². The number of halogens is 1. The summed E-state index contributed by atoms with van der Waals surface area (Å²) in [6.45, 7) is 7.20. The van der Waals surface area contributed by atoms with Gasteiger partial charge in [-0.15, -0.1) is 0 Å². The highest BCUT2D eigenvalue weighted by atomic mass is 32.2. The maximum absolute atomic E-state index is 13.1. The van der Waals surface area contributed by atoms with Crippen molar-refractivity contribution in [1.82, 2.24) is 14.2 Å². The van der Waals surface area contributed by atoms with Crippen molar-refractivity contribution in [3.05, 3.63) is 53.6 Å². The number of hydrogen-bond acceptors (Lipinski definition) is 5. The summed E-state index contributed by atoms with van der Waals surface area (Å²) < 4.78 is 46.2. The Morgan fingerprint density at radius 3 is 2.29 bits per heavy atom. The highest BCUT2D eigenvalue weighted by Crippen LogP contribution is 2.19. The number of carbonyl (C=O) groups excluding carboxylic acids is 2. The fourth-order valence-electron chi connectivity index (χ4n) is 3.03. The van der Waals surface area contributed by atoms with Crippen LogP contribution >= 0.6 is 0 Å². The number of aromatic nitrogens is 1. The van der Waals surface area contributed by atoms with Crippen molar-refractivity contribution in [2.75, 3.05) is 13.1 Å². The second kappa shape index (κ2) is 10.1. The summed E-state index contributed by atoms with van der Waals surface area (Å²) >= 11 is 0. The smallest absolute Gasteiger partial charge is 0.355 e. The Hall–Kier alpha value is -2.72. The van der Waals surface area contributed by atoms with Crippen LogP contribution < -0.4 is 5.32 Å². The lowest BCUT2D eigenvalue weighted by Crippen LogP contribution is -2.37. The minimum absolute atomic E-state index is 0.0111. The molecule has 1 aromatic heterocycles. The van der Waals surface area contributed by atoms with Crippen molar-refractivity contribution < 1.29 is 27.1 Å². The van der Waals surface area contributed by atoms with E-state index in [2.05, 4.69) is 5.32 Å². The van der Waals surface area contributed by atoms with Crippen LogP contribution in [-0.4, -0.2) is 48.4 Å². The van der Waals surface area contributed by atoms with Crippen molar-refractivity contribution in [3.8, 4) is 0 Å². The molecular weight excluding hydrogens is 425 g/mol. The first-order chi connectivity index (χ1) is 14.5. The highest BCUT2D eigenvalue weighted by molar-refractivity contribution is 7.89. The van der Waals surface area contributed by atoms with Gasteiger partial charge in [-0.25, -0.2) is 17.6 Å². The molecule has 0 saturated carbocycles. The summed E-state index contributed by atoms with van der Waals surface area (Å²) in [6.07, 6.45) is 0.221. The van der Waals surface area contributed by atoms with Gasteiger partial charge in [0.25, 0.3) is 5.91 Å². The normalized spacial score (nSPS) is 13.6. The van der Waals surface area contributed by atoms with Crippen LogP contribution in [0.2, 0.25) is 0 Å². The number of amides is 1. The molecule has 1 N–H and O–H groups in total. The summed E-state index contributed by atoms with van der Waals surface area (Å²) in [4.78, 5) is 24.9. The van der Waals surface area contributed by atoms with Gasteiger partial charge in [-0.3, -0.25) is 4.79 Å². The summed E-state index contributed by atoms with van der Waals surface area (Å²) in [5, 5.41) is 2.70. The van der Waals surface area contributed by atoms with Crippen molar-refractivity contribution >= 4 is 21.9 Å². The molecule has 170 valence electrons. The van der Waals surface area contributed by atoms with Gasteiger partial charge >= 0.3 is 5.97 Å². The van der Waals surface area contributed by atoms with E-state index in [1.165, 1.54) is 47.2 Å². The fraction of sp³-hybridized carbons (Fsp3) is 0.429. The number of benzene rings is 1. The van der Waals surface area contributed by atoms with Crippen LogP contribution in [0.15, 0.2) is 41.4 Å². The molecule has 1 heterocycles. The van der Waals surface area contributed by atoms with Gasteiger partial charge in [0.05, 0.1) is 6.04 Å². The van der Waals surface area contributed by atoms with Crippen LogP contribution in [0.5, 0.6) is 0 Å². The minimum atomic E-state index is -3.73. The number of rotatable bonds is 9. The summed E-state index contributed by atoms with van der Waals surface area (Å²) in [5.74, 6) is -1.73. The highest BCUT2D eigenvalue weighted by Gasteiger charge is 2.27. The lowest BCUT2D eigenvalue weighted by atomic mass is 10.1. The molecule has 10 heteroatoms. The third-order valence-electron chi connectivity index (χ3n) is 4.91. The first kappa shape index (κ1) is 24.5. The predicted octanol–water partition coefficient (Wildman–Crippen LogP) is 2.62. The third-order valence-corrected chi connectivity index (χ3v) is 6.93. The first-order valence-corrected chi connectivity index (χ1v) is 11.4. The Labute approximate surface area is 182 Å². The van der Waals surface area contributed by atoms with E-state index in [-0.39, 0.29) is 16.4 Å². The molecule has 0 fully saturated rings. The number of nitrogens with one attached hydrogen (secondary N) is 1. The largest absolute Gasteiger partial charge is 0.448 e. The topological polar surface area (TPSA) is 97.7 Å². The number of esters is 1. The SMILES string of the molecule is CCN(CC)S(=O)(=O)c1cc(C(=O)OC(C)C(=O)NC(C)c2ccc(F)cc2)n(C)c1. The summed E-state index contributed by atoms with van der Waals surface area (Å²) in [5.41, 5.74) is 0.707. The molecular formula is C21H28FN3O5S. The van der Waals surface area contributed by atoms with E-state index in [0.29, 0.717) is 18.7 Å². The fourth-order valence-corrected chi connectivity index (χ4v) is 4.56. The number of nitrogens with zero attached hydrogens (tertiary/aromatic N) is 2. The zero-order valence-corrected chi connectivity index (χ0v) is 19.1. The van der Waals surface area contributed by atoms with E-state index in [9.17, 15) is 22.4 Å². The van der Waals surface area contributed by atoms with Crippen molar-refractivity contribution in [2.45, 2.75) is 44.7 Å². The molecule has 0 aliphatic carbocycles. The average molecular weight is 454 g/mol. The Balaban J connectivity index is 2.08. The number of ether oxygens (including phenoxy) is 1. The molecule has 8 nitrogen and oxygen atoms in total.